The molecule has 2 rings (SSSR count). The number of ether oxygens (including phenoxy) is 3. The van der Waals surface area contributed by atoms with E-state index in [-0.39, 0.29) is 12.4 Å². The minimum atomic E-state index is -0.276. The number of para-hydroxylation sites is 1. The number of hydrogen-bond acceptors (Lipinski definition) is 3. The number of rotatable bonds is 4. The maximum atomic E-state index is 5.54. The Labute approximate surface area is 77.2 Å². The Hall–Kier alpha value is -1.06. The lowest BCUT2D eigenvalue weighted by molar-refractivity contribution is -0.0694. The van der Waals surface area contributed by atoms with Gasteiger partial charge in [0.25, 0.3) is 0 Å². The zero-order valence-electron chi connectivity index (χ0n) is 7.47. The lowest BCUT2D eigenvalue weighted by Crippen LogP contribution is -2.25. The van der Waals surface area contributed by atoms with Crippen molar-refractivity contribution in [3.05, 3.63) is 30.3 Å². The molecular weight excluding hydrogens is 168 g/mol. The van der Waals surface area contributed by atoms with Crippen LogP contribution in [-0.2, 0) is 9.47 Å². The molecule has 1 aliphatic rings. The smallest absolute Gasteiger partial charge is 0.228 e. The summed E-state index contributed by atoms with van der Waals surface area (Å²) in [5, 5.41) is 0. The van der Waals surface area contributed by atoms with Gasteiger partial charge in [0.1, 0.15) is 11.9 Å². The van der Waals surface area contributed by atoms with Gasteiger partial charge in [-0.05, 0) is 12.1 Å². The Bertz CT molecular complexity index is 256. The van der Waals surface area contributed by atoms with Crippen LogP contribution in [0.3, 0.4) is 0 Å². The van der Waals surface area contributed by atoms with E-state index in [1.54, 1.807) is 7.11 Å². The summed E-state index contributed by atoms with van der Waals surface area (Å²) in [6, 6.07) is 9.59. The Morgan fingerprint density at radius 3 is 2.62 bits per heavy atom. The van der Waals surface area contributed by atoms with Crippen molar-refractivity contribution in [2.45, 2.75) is 12.4 Å². The zero-order valence-corrected chi connectivity index (χ0v) is 7.47. The molecule has 1 saturated heterocycles. The minimum absolute atomic E-state index is 0.102. The quantitative estimate of drug-likeness (QED) is 0.519. The maximum absolute atomic E-state index is 5.54. The van der Waals surface area contributed by atoms with E-state index in [9.17, 15) is 0 Å². The van der Waals surface area contributed by atoms with Crippen LogP contribution < -0.4 is 4.74 Å². The Balaban J connectivity index is 1.95. The molecule has 1 aliphatic heterocycles. The van der Waals surface area contributed by atoms with Crippen LogP contribution in [0.1, 0.15) is 0 Å². The molecule has 0 spiro atoms. The third kappa shape index (κ3) is 2.20. The van der Waals surface area contributed by atoms with E-state index in [1.165, 1.54) is 0 Å². The fraction of sp³-hybridized carbons (Fsp3) is 0.400. The van der Waals surface area contributed by atoms with Gasteiger partial charge in [0.2, 0.25) is 6.29 Å². The van der Waals surface area contributed by atoms with E-state index in [0.29, 0.717) is 0 Å². The molecule has 0 amide bonds. The van der Waals surface area contributed by atoms with Crippen LogP contribution >= 0.6 is 0 Å². The molecule has 1 aromatic rings. The van der Waals surface area contributed by atoms with Crippen molar-refractivity contribution < 1.29 is 14.2 Å². The second kappa shape index (κ2) is 3.77. The van der Waals surface area contributed by atoms with Crippen LogP contribution in [0.15, 0.2) is 30.3 Å². The molecule has 1 heterocycles. The molecule has 0 saturated carbocycles. The molecule has 1 fully saturated rings. The highest BCUT2D eigenvalue weighted by Crippen LogP contribution is 2.20. The monoisotopic (exact) mass is 180 g/mol. The average molecular weight is 180 g/mol. The zero-order chi connectivity index (χ0) is 9.10. The summed E-state index contributed by atoms with van der Waals surface area (Å²) in [6.45, 7) is 0.728. The molecule has 2 atom stereocenters. The third-order valence-electron chi connectivity index (χ3n) is 1.89. The summed E-state index contributed by atoms with van der Waals surface area (Å²) in [5.74, 6) is 0.810. The molecule has 0 aliphatic carbocycles. The highest BCUT2D eigenvalue weighted by atomic mass is 16.7. The molecule has 13 heavy (non-hydrogen) atoms. The van der Waals surface area contributed by atoms with Gasteiger partial charge < -0.3 is 14.2 Å². The van der Waals surface area contributed by atoms with E-state index >= 15 is 0 Å². The normalized spacial score (nSPS) is 22.4. The molecule has 3 heteroatoms. The van der Waals surface area contributed by atoms with Gasteiger partial charge in [-0.25, -0.2) is 0 Å². The van der Waals surface area contributed by atoms with Crippen LogP contribution in [0.2, 0.25) is 0 Å². The summed E-state index contributed by atoms with van der Waals surface area (Å²) in [4.78, 5) is 0. The van der Waals surface area contributed by atoms with Crippen molar-refractivity contribution in [1.29, 1.82) is 0 Å². The average Bonchev–Trinajstić information content (AvgIpc) is 2.99. The molecule has 1 aromatic carbocycles. The third-order valence-corrected chi connectivity index (χ3v) is 1.89. The summed E-state index contributed by atoms with van der Waals surface area (Å²) < 4.78 is 15.8. The van der Waals surface area contributed by atoms with Crippen molar-refractivity contribution in [3.63, 3.8) is 0 Å². The van der Waals surface area contributed by atoms with Crippen LogP contribution in [0.5, 0.6) is 5.75 Å². The van der Waals surface area contributed by atoms with Crippen molar-refractivity contribution in [1.82, 2.24) is 0 Å². The van der Waals surface area contributed by atoms with Gasteiger partial charge in [0.15, 0.2) is 0 Å². The van der Waals surface area contributed by atoms with E-state index < -0.39 is 0 Å². The second-order valence-corrected chi connectivity index (χ2v) is 2.91. The highest BCUT2D eigenvalue weighted by molar-refractivity contribution is 5.21. The molecule has 0 aromatic heterocycles. The first-order chi connectivity index (χ1) is 6.40. The summed E-state index contributed by atoms with van der Waals surface area (Å²) in [7, 11) is 1.62. The van der Waals surface area contributed by atoms with Gasteiger partial charge in [-0.1, -0.05) is 18.2 Å². The highest BCUT2D eigenvalue weighted by Gasteiger charge is 2.34. The molecule has 3 nitrogen and oxygen atoms in total. The standard InChI is InChI=1S/C10H12O3/c1-11-10(9-7-12-9)13-8-5-3-2-4-6-8/h2-6,9-10H,7H2,1H3. The summed E-state index contributed by atoms with van der Waals surface area (Å²) in [6.07, 6.45) is -0.174. The van der Waals surface area contributed by atoms with Gasteiger partial charge in [-0.15, -0.1) is 0 Å². The predicted molar refractivity (Wildman–Crippen MR) is 47.6 cm³/mol. The van der Waals surface area contributed by atoms with Crippen molar-refractivity contribution in [2.75, 3.05) is 13.7 Å². The number of benzene rings is 1. The maximum Gasteiger partial charge on any atom is 0.228 e. The molecule has 0 N–H and O–H groups in total. The van der Waals surface area contributed by atoms with Gasteiger partial charge in [-0.2, -0.15) is 0 Å². The van der Waals surface area contributed by atoms with E-state index in [4.69, 9.17) is 14.2 Å². The lowest BCUT2D eigenvalue weighted by Gasteiger charge is -2.14. The molecule has 2 unspecified atom stereocenters. The summed E-state index contributed by atoms with van der Waals surface area (Å²) in [5.41, 5.74) is 0. The van der Waals surface area contributed by atoms with E-state index in [2.05, 4.69) is 0 Å². The van der Waals surface area contributed by atoms with Gasteiger partial charge >= 0.3 is 0 Å². The van der Waals surface area contributed by atoms with Crippen LogP contribution in [0.25, 0.3) is 0 Å². The van der Waals surface area contributed by atoms with E-state index in [1.807, 2.05) is 30.3 Å². The molecule has 0 bridgehead atoms. The van der Waals surface area contributed by atoms with Crippen LogP contribution in [0.4, 0.5) is 0 Å². The van der Waals surface area contributed by atoms with Crippen molar-refractivity contribution in [2.24, 2.45) is 0 Å². The molecule has 70 valence electrons. The van der Waals surface area contributed by atoms with Crippen molar-refractivity contribution in [3.8, 4) is 5.75 Å². The fourth-order valence-corrected chi connectivity index (χ4v) is 1.12. The minimum Gasteiger partial charge on any atom is -0.462 e. The first-order valence-corrected chi connectivity index (χ1v) is 4.26. The Kier molecular flexibility index (Phi) is 2.47. The van der Waals surface area contributed by atoms with Crippen LogP contribution in [0, 0.1) is 0 Å². The number of epoxide rings is 1. The first kappa shape index (κ1) is 8.53. The molecular formula is C10H12O3. The molecule has 0 radical (unpaired) electrons. The number of hydrogen-bond donors (Lipinski definition) is 0. The predicted octanol–water partition coefficient (Wildman–Crippen LogP) is 1.44. The van der Waals surface area contributed by atoms with Gasteiger partial charge in [0.05, 0.1) is 6.61 Å². The van der Waals surface area contributed by atoms with Gasteiger partial charge in [0, 0.05) is 7.11 Å². The first-order valence-electron chi connectivity index (χ1n) is 4.26. The SMILES string of the molecule is COC(Oc1ccccc1)C1CO1. The fourth-order valence-electron chi connectivity index (χ4n) is 1.12. The largest absolute Gasteiger partial charge is 0.462 e. The van der Waals surface area contributed by atoms with Crippen LogP contribution in [-0.4, -0.2) is 26.1 Å². The topological polar surface area (TPSA) is 31.0 Å². The van der Waals surface area contributed by atoms with E-state index in [0.717, 1.165) is 12.4 Å². The summed E-state index contributed by atoms with van der Waals surface area (Å²) >= 11 is 0. The Morgan fingerprint density at radius 1 is 1.38 bits per heavy atom. The number of methoxy groups -OCH3 is 1. The second-order valence-electron chi connectivity index (χ2n) is 2.91. The van der Waals surface area contributed by atoms with Crippen molar-refractivity contribution >= 4 is 0 Å². The Morgan fingerprint density at radius 2 is 2.08 bits per heavy atom. The van der Waals surface area contributed by atoms with Gasteiger partial charge in [-0.3, -0.25) is 0 Å². The lowest BCUT2D eigenvalue weighted by atomic mass is 10.3.